The number of ether oxygens (including phenoxy) is 2. The molecule has 0 aliphatic carbocycles. The SMILES string of the molecule is CCOC(=O)c1[nH]nc2c1C(C)(C)Oc1c-2ccc(I)c1-c1ccc(F)cc1F. The van der Waals surface area contributed by atoms with Gasteiger partial charge in [-0.15, -0.1) is 0 Å². The van der Waals surface area contributed by atoms with Crippen molar-refractivity contribution in [3.63, 3.8) is 0 Å². The molecule has 150 valence electrons. The number of carbonyl (C=O) groups excluding carboxylic acids is 1. The first-order valence-corrected chi connectivity index (χ1v) is 10.1. The fourth-order valence-electron chi connectivity index (χ4n) is 3.57. The van der Waals surface area contributed by atoms with Gasteiger partial charge in [-0.25, -0.2) is 13.6 Å². The number of aromatic amines is 1. The highest BCUT2D eigenvalue weighted by atomic mass is 127. The van der Waals surface area contributed by atoms with Crippen molar-refractivity contribution in [2.75, 3.05) is 6.61 Å². The van der Waals surface area contributed by atoms with Gasteiger partial charge in [0.2, 0.25) is 0 Å². The zero-order valence-electron chi connectivity index (χ0n) is 15.9. The van der Waals surface area contributed by atoms with E-state index in [0.29, 0.717) is 28.1 Å². The molecule has 2 heterocycles. The van der Waals surface area contributed by atoms with Crippen LogP contribution in [0, 0.1) is 15.2 Å². The maximum absolute atomic E-state index is 14.6. The van der Waals surface area contributed by atoms with E-state index < -0.39 is 23.2 Å². The molecule has 8 heteroatoms. The Balaban J connectivity index is 1.97. The van der Waals surface area contributed by atoms with E-state index in [0.717, 1.165) is 9.64 Å². The molecule has 29 heavy (non-hydrogen) atoms. The Morgan fingerprint density at radius 2 is 1.97 bits per heavy atom. The molecule has 5 nitrogen and oxygen atoms in total. The first kappa shape index (κ1) is 19.8. The molecule has 1 aliphatic heterocycles. The van der Waals surface area contributed by atoms with Crippen LogP contribution in [0.2, 0.25) is 0 Å². The quantitative estimate of drug-likeness (QED) is 0.377. The molecule has 0 radical (unpaired) electrons. The minimum absolute atomic E-state index is 0.227. The molecule has 0 fully saturated rings. The molecule has 0 bridgehead atoms. The Morgan fingerprint density at radius 1 is 1.24 bits per heavy atom. The maximum atomic E-state index is 14.6. The second-order valence-electron chi connectivity index (χ2n) is 7.08. The van der Waals surface area contributed by atoms with E-state index in [4.69, 9.17) is 9.47 Å². The summed E-state index contributed by atoms with van der Waals surface area (Å²) < 4.78 is 40.2. The summed E-state index contributed by atoms with van der Waals surface area (Å²) in [5.41, 5.74) is 1.77. The second-order valence-corrected chi connectivity index (χ2v) is 8.24. The summed E-state index contributed by atoms with van der Waals surface area (Å²) in [6.45, 7) is 5.56. The number of H-pyrrole nitrogens is 1. The number of carbonyl (C=O) groups is 1. The van der Waals surface area contributed by atoms with Crippen molar-refractivity contribution in [1.29, 1.82) is 0 Å². The Labute approximate surface area is 179 Å². The van der Waals surface area contributed by atoms with Gasteiger partial charge in [0.25, 0.3) is 0 Å². The molecule has 0 atom stereocenters. The third-order valence-electron chi connectivity index (χ3n) is 4.77. The minimum atomic E-state index is -0.937. The summed E-state index contributed by atoms with van der Waals surface area (Å²) in [7, 11) is 0. The van der Waals surface area contributed by atoms with Crippen LogP contribution in [-0.4, -0.2) is 22.8 Å². The highest BCUT2D eigenvalue weighted by molar-refractivity contribution is 14.1. The third kappa shape index (κ3) is 3.19. The average molecular weight is 510 g/mol. The molecular weight excluding hydrogens is 493 g/mol. The van der Waals surface area contributed by atoms with Gasteiger partial charge in [0.1, 0.15) is 28.7 Å². The monoisotopic (exact) mass is 510 g/mol. The lowest BCUT2D eigenvalue weighted by atomic mass is 9.87. The number of esters is 1. The molecule has 0 spiro atoms. The van der Waals surface area contributed by atoms with Crippen LogP contribution in [0.5, 0.6) is 5.75 Å². The number of hydrogen-bond donors (Lipinski definition) is 1. The Kier molecular flexibility index (Phi) is 4.84. The number of halogens is 3. The van der Waals surface area contributed by atoms with Gasteiger partial charge in [0, 0.05) is 26.3 Å². The first-order chi connectivity index (χ1) is 13.7. The number of hydrogen-bond acceptors (Lipinski definition) is 4. The van der Waals surface area contributed by atoms with Crippen LogP contribution < -0.4 is 4.74 Å². The highest BCUT2D eigenvalue weighted by Crippen LogP contribution is 2.51. The molecule has 0 saturated carbocycles. The van der Waals surface area contributed by atoms with Crippen molar-refractivity contribution in [3.05, 3.63) is 56.8 Å². The zero-order chi connectivity index (χ0) is 20.9. The van der Waals surface area contributed by atoms with Crippen molar-refractivity contribution in [2.24, 2.45) is 0 Å². The van der Waals surface area contributed by atoms with Gasteiger partial charge in [-0.2, -0.15) is 5.10 Å². The number of nitrogens with one attached hydrogen (secondary N) is 1. The summed E-state index contributed by atoms with van der Waals surface area (Å²) in [6, 6.07) is 7.06. The van der Waals surface area contributed by atoms with Crippen LogP contribution in [0.4, 0.5) is 8.78 Å². The highest BCUT2D eigenvalue weighted by Gasteiger charge is 2.41. The predicted octanol–water partition coefficient (Wildman–Crippen LogP) is 5.43. The lowest BCUT2D eigenvalue weighted by molar-refractivity contribution is 0.0500. The number of fused-ring (bicyclic) bond motifs is 3. The van der Waals surface area contributed by atoms with Crippen molar-refractivity contribution in [2.45, 2.75) is 26.4 Å². The fourth-order valence-corrected chi connectivity index (χ4v) is 4.29. The van der Waals surface area contributed by atoms with Crippen molar-refractivity contribution < 1.29 is 23.0 Å². The third-order valence-corrected chi connectivity index (χ3v) is 5.67. The molecule has 1 aliphatic rings. The largest absolute Gasteiger partial charge is 0.482 e. The topological polar surface area (TPSA) is 64.2 Å². The van der Waals surface area contributed by atoms with E-state index in [-0.39, 0.29) is 17.9 Å². The number of aromatic nitrogens is 2. The second kappa shape index (κ2) is 7.08. The lowest BCUT2D eigenvalue weighted by Gasteiger charge is -2.34. The van der Waals surface area contributed by atoms with Crippen LogP contribution in [0.3, 0.4) is 0 Å². The molecule has 4 rings (SSSR count). The van der Waals surface area contributed by atoms with Crippen LogP contribution in [0.1, 0.15) is 36.8 Å². The van der Waals surface area contributed by atoms with E-state index in [1.807, 2.05) is 12.1 Å². The van der Waals surface area contributed by atoms with Gasteiger partial charge < -0.3 is 9.47 Å². The van der Waals surface area contributed by atoms with E-state index in [9.17, 15) is 13.6 Å². The van der Waals surface area contributed by atoms with Crippen molar-refractivity contribution in [3.8, 4) is 28.1 Å². The predicted molar refractivity (Wildman–Crippen MR) is 112 cm³/mol. The van der Waals surface area contributed by atoms with Crippen LogP contribution in [0.15, 0.2) is 30.3 Å². The van der Waals surface area contributed by atoms with E-state index in [1.165, 1.54) is 12.1 Å². The zero-order valence-corrected chi connectivity index (χ0v) is 18.1. The molecule has 0 unspecified atom stereocenters. The summed E-state index contributed by atoms with van der Waals surface area (Å²) in [4.78, 5) is 12.4. The van der Waals surface area contributed by atoms with E-state index >= 15 is 0 Å². The molecule has 2 aromatic carbocycles. The summed E-state index contributed by atoms with van der Waals surface area (Å²) >= 11 is 2.09. The fraction of sp³-hybridized carbons (Fsp3) is 0.238. The van der Waals surface area contributed by atoms with Gasteiger partial charge in [-0.1, -0.05) is 0 Å². The van der Waals surface area contributed by atoms with Crippen molar-refractivity contribution in [1.82, 2.24) is 10.2 Å². The van der Waals surface area contributed by atoms with Gasteiger partial charge in [-0.05, 0) is 67.6 Å². The Bertz CT molecular complexity index is 1140. The normalized spacial score (nSPS) is 14.0. The number of benzene rings is 2. The first-order valence-electron chi connectivity index (χ1n) is 8.98. The van der Waals surface area contributed by atoms with Gasteiger partial charge in [0.15, 0.2) is 5.69 Å². The molecule has 0 saturated heterocycles. The molecule has 0 amide bonds. The van der Waals surface area contributed by atoms with Gasteiger partial charge >= 0.3 is 5.97 Å². The van der Waals surface area contributed by atoms with Gasteiger partial charge in [-0.3, -0.25) is 5.10 Å². The standard InChI is InChI=1S/C21H17F2IN2O3/c1-4-28-20(27)18-16-17(25-26-18)12-7-8-14(24)15(19(12)29-21(16,2)3)11-6-5-10(22)9-13(11)23/h5-9H,4H2,1-3H3,(H,25,26). The van der Waals surface area contributed by atoms with Crippen molar-refractivity contribution >= 4 is 28.6 Å². The van der Waals surface area contributed by atoms with Crippen LogP contribution in [-0.2, 0) is 10.3 Å². The average Bonchev–Trinajstić information content (AvgIpc) is 3.09. The summed E-state index contributed by atoms with van der Waals surface area (Å²) in [6.07, 6.45) is 0. The van der Waals surface area contributed by atoms with E-state index in [2.05, 4.69) is 32.8 Å². The van der Waals surface area contributed by atoms with Crippen LogP contribution >= 0.6 is 22.6 Å². The maximum Gasteiger partial charge on any atom is 0.356 e. The van der Waals surface area contributed by atoms with Gasteiger partial charge in [0.05, 0.1) is 12.2 Å². The minimum Gasteiger partial charge on any atom is -0.482 e. The number of rotatable bonds is 3. The molecule has 1 aromatic heterocycles. The Morgan fingerprint density at radius 3 is 2.66 bits per heavy atom. The Hall–Kier alpha value is -2.49. The summed E-state index contributed by atoms with van der Waals surface area (Å²) in [5.74, 6) is -1.42. The summed E-state index contributed by atoms with van der Waals surface area (Å²) in [5, 5.41) is 7.10. The molecular formula is C21H17F2IN2O3. The molecule has 3 aromatic rings. The number of nitrogens with zero attached hydrogens (tertiary/aromatic N) is 1. The van der Waals surface area contributed by atoms with E-state index in [1.54, 1.807) is 20.8 Å². The van der Waals surface area contributed by atoms with Crippen LogP contribution in [0.25, 0.3) is 22.4 Å². The smallest absolute Gasteiger partial charge is 0.356 e. The lowest BCUT2D eigenvalue weighted by Crippen LogP contribution is -2.31. The molecule has 1 N–H and O–H groups in total.